The van der Waals surface area contributed by atoms with Crippen molar-refractivity contribution >= 4 is 23.9 Å². The fraction of sp³-hybridized carbons (Fsp3) is 0.652. The van der Waals surface area contributed by atoms with Crippen molar-refractivity contribution in [2.24, 2.45) is 5.10 Å². The Morgan fingerprint density at radius 1 is 1.28 bits per heavy atom. The van der Waals surface area contributed by atoms with Gasteiger partial charge in [0, 0.05) is 24.8 Å². The summed E-state index contributed by atoms with van der Waals surface area (Å²) in [4.78, 5) is 13.5. The van der Waals surface area contributed by atoms with E-state index in [9.17, 15) is 4.79 Å². The minimum Gasteiger partial charge on any atom is -0.469 e. The van der Waals surface area contributed by atoms with Gasteiger partial charge in [-0.25, -0.2) is 0 Å². The molecule has 0 aromatic heterocycles. The van der Waals surface area contributed by atoms with Gasteiger partial charge in [0.05, 0.1) is 30.9 Å². The Hall–Kier alpha value is -1.53. The molecule has 0 spiro atoms. The highest BCUT2D eigenvalue weighted by molar-refractivity contribution is 8.01. The molecule has 0 radical (unpaired) electrons. The average Bonchev–Trinajstić information content (AvgIpc) is 3.18. The number of nitrogens with zero attached hydrogens (tertiary/aromatic N) is 2. The van der Waals surface area contributed by atoms with Crippen molar-refractivity contribution in [3.63, 3.8) is 0 Å². The molecule has 1 heterocycles. The van der Waals surface area contributed by atoms with Crippen molar-refractivity contribution in [3.8, 4) is 0 Å². The van der Waals surface area contributed by atoms with Gasteiger partial charge in [-0.05, 0) is 31.4 Å². The SMILES string of the molecule is CCCCCC[C@@](/C=N/N1CCC[C@H]1COC)(CC(=O)OC)Sc1ccccc1. The van der Waals surface area contributed by atoms with Crippen LogP contribution in [-0.4, -0.2) is 55.4 Å². The fourth-order valence-electron chi connectivity index (χ4n) is 3.72. The summed E-state index contributed by atoms with van der Waals surface area (Å²) in [6.45, 7) is 3.83. The lowest BCUT2D eigenvalue weighted by atomic mass is 9.97. The second-order valence-electron chi connectivity index (χ2n) is 7.70. The molecule has 2 rings (SSSR count). The van der Waals surface area contributed by atoms with E-state index in [1.165, 1.54) is 26.4 Å². The lowest BCUT2D eigenvalue weighted by Gasteiger charge is -2.30. The smallest absolute Gasteiger partial charge is 0.307 e. The molecule has 0 N–H and O–H groups in total. The molecule has 0 amide bonds. The third-order valence-corrected chi connectivity index (χ3v) is 6.70. The van der Waals surface area contributed by atoms with Crippen molar-refractivity contribution in [2.45, 2.75) is 74.0 Å². The highest BCUT2D eigenvalue weighted by Gasteiger charge is 2.34. The lowest BCUT2D eigenvalue weighted by Crippen LogP contribution is -2.34. The van der Waals surface area contributed by atoms with E-state index in [0.29, 0.717) is 19.1 Å². The Labute approximate surface area is 180 Å². The maximum Gasteiger partial charge on any atom is 0.307 e. The Morgan fingerprint density at radius 2 is 2.07 bits per heavy atom. The standard InChI is InChI=1S/C23H36N2O3S/c1-4-5-6-10-15-23(17-22(26)28-3,29-21-13-8-7-9-14-21)19-24-25-16-11-12-20(25)18-27-2/h7-9,13-14,19-20H,4-6,10-12,15-18H2,1-3H3/b24-19+/t20-,23-/m0/s1. The van der Waals surface area contributed by atoms with Gasteiger partial charge < -0.3 is 9.47 Å². The molecule has 0 aliphatic carbocycles. The third-order valence-electron chi connectivity index (χ3n) is 5.34. The minimum absolute atomic E-state index is 0.190. The van der Waals surface area contributed by atoms with Gasteiger partial charge in [-0.15, -0.1) is 11.8 Å². The molecule has 1 aromatic carbocycles. The van der Waals surface area contributed by atoms with E-state index >= 15 is 0 Å². The molecule has 5 nitrogen and oxygen atoms in total. The predicted octanol–water partition coefficient (Wildman–Crippen LogP) is 5.15. The van der Waals surface area contributed by atoms with Gasteiger partial charge in [-0.2, -0.15) is 5.10 Å². The van der Waals surface area contributed by atoms with E-state index in [1.54, 1.807) is 18.9 Å². The molecule has 2 atom stereocenters. The van der Waals surface area contributed by atoms with Crippen molar-refractivity contribution < 1.29 is 14.3 Å². The number of unbranched alkanes of at least 4 members (excludes halogenated alkanes) is 3. The monoisotopic (exact) mass is 420 g/mol. The zero-order valence-corrected chi connectivity index (χ0v) is 19.0. The second kappa shape index (κ2) is 12.9. The van der Waals surface area contributed by atoms with Crippen molar-refractivity contribution in [1.29, 1.82) is 0 Å². The second-order valence-corrected chi connectivity index (χ2v) is 9.19. The third kappa shape index (κ3) is 8.01. The van der Waals surface area contributed by atoms with Crippen LogP contribution in [0.1, 0.15) is 58.3 Å². The van der Waals surface area contributed by atoms with Crippen molar-refractivity contribution in [2.75, 3.05) is 27.4 Å². The largest absolute Gasteiger partial charge is 0.469 e. The van der Waals surface area contributed by atoms with Gasteiger partial charge in [0.15, 0.2) is 0 Å². The van der Waals surface area contributed by atoms with Gasteiger partial charge >= 0.3 is 5.97 Å². The summed E-state index contributed by atoms with van der Waals surface area (Å²) in [6, 6.07) is 10.6. The number of hydrogen-bond donors (Lipinski definition) is 0. The quantitative estimate of drug-likeness (QED) is 0.191. The Balaban J connectivity index is 2.25. The highest BCUT2D eigenvalue weighted by Crippen LogP contribution is 2.39. The van der Waals surface area contributed by atoms with E-state index in [0.717, 1.165) is 37.1 Å². The van der Waals surface area contributed by atoms with E-state index in [2.05, 4.69) is 24.1 Å². The number of carbonyl (C=O) groups excluding carboxylic acids is 1. The molecule has 162 valence electrons. The average molecular weight is 421 g/mol. The van der Waals surface area contributed by atoms with Crippen LogP contribution in [0.15, 0.2) is 40.3 Å². The van der Waals surface area contributed by atoms with E-state index in [-0.39, 0.29) is 5.97 Å². The molecule has 0 unspecified atom stereocenters. The molecule has 0 saturated carbocycles. The number of benzene rings is 1. The topological polar surface area (TPSA) is 51.1 Å². The van der Waals surface area contributed by atoms with Gasteiger partial charge in [-0.1, -0.05) is 50.8 Å². The molecule has 1 saturated heterocycles. The van der Waals surface area contributed by atoms with Crippen LogP contribution in [0.4, 0.5) is 0 Å². The Morgan fingerprint density at radius 3 is 2.76 bits per heavy atom. The molecular formula is C23H36N2O3S. The van der Waals surface area contributed by atoms with Crippen LogP contribution in [-0.2, 0) is 14.3 Å². The van der Waals surface area contributed by atoms with Crippen molar-refractivity contribution in [3.05, 3.63) is 30.3 Å². The van der Waals surface area contributed by atoms with Crippen LogP contribution >= 0.6 is 11.8 Å². The number of methoxy groups -OCH3 is 2. The molecule has 1 aromatic rings. The van der Waals surface area contributed by atoms with E-state index in [4.69, 9.17) is 14.6 Å². The summed E-state index contributed by atoms with van der Waals surface area (Å²) in [5.41, 5.74) is 0. The van der Waals surface area contributed by atoms with Gasteiger partial charge in [0.25, 0.3) is 0 Å². The number of hydrogen-bond acceptors (Lipinski definition) is 6. The van der Waals surface area contributed by atoms with Gasteiger partial charge in [0.2, 0.25) is 0 Å². The van der Waals surface area contributed by atoms with Crippen molar-refractivity contribution in [1.82, 2.24) is 5.01 Å². The Bertz CT molecular complexity index is 626. The van der Waals surface area contributed by atoms with Gasteiger partial charge in [0.1, 0.15) is 0 Å². The maximum atomic E-state index is 12.3. The summed E-state index contributed by atoms with van der Waals surface area (Å²) < 4.78 is 10.0. The summed E-state index contributed by atoms with van der Waals surface area (Å²) >= 11 is 1.73. The normalized spacial score (nSPS) is 18.9. The molecule has 1 fully saturated rings. The first-order valence-electron chi connectivity index (χ1n) is 10.7. The van der Waals surface area contributed by atoms with Crippen LogP contribution < -0.4 is 0 Å². The fourth-order valence-corrected chi connectivity index (χ4v) is 5.02. The zero-order chi connectivity index (χ0) is 21.0. The van der Waals surface area contributed by atoms with Crippen LogP contribution in [0, 0.1) is 0 Å². The highest BCUT2D eigenvalue weighted by atomic mass is 32.2. The summed E-state index contributed by atoms with van der Waals surface area (Å²) in [6.07, 6.45) is 10.1. The molecule has 0 bridgehead atoms. The maximum absolute atomic E-state index is 12.3. The van der Waals surface area contributed by atoms with Crippen LogP contribution in [0.2, 0.25) is 0 Å². The summed E-state index contributed by atoms with van der Waals surface area (Å²) in [5, 5.41) is 7.01. The Kier molecular flexibility index (Phi) is 10.6. The minimum atomic E-state index is -0.414. The first kappa shape index (κ1) is 23.7. The van der Waals surface area contributed by atoms with Crippen LogP contribution in [0.5, 0.6) is 0 Å². The van der Waals surface area contributed by atoms with Crippen LogP contribution in [0.3, 0.4) is 0 Å². The number of ether oxygens (including phenoxy) is 2. The van der Waals surface area contributed by atoms with Gasteiger partial charge in [-0.3, -0.25) is 9.80 Å². The van der Waals surface area contributed by atoms with Crippen LogP contribution in [0.25, 0.3) is 0 Å². The first-order chi connectivity index (χ1) is 14.1. The summed E-state index contributed by atoms with van der Waals surface area (Å²) in [7, 11) is 3.20. The number of rotatable bonds is 13. The molecule has 1 aliphatic heterocycles. The summed E-state index contributed by atoms with van der Waals surface area (Å²) in [5.74, 6) is -0.190. The number of hydrazone groups is 1. The zero-order valence-electron chi connectivity index (χ0n) is 18.1. The van der Waals surface area contributed by atoms with E-state index < -0.39 is 4.75 Å². The number of carbonyl (C=O) groups is 1. The van der Waals surface area contributed by atoms with E-state index in [1.807, 2.05) is 24.4 Å². The molecule has 6 heteroatoms. The molecule has 1 aliphatic rings. The number of esters is 1. The molecular weight excluding hydrogens is 384 g/mol. The molecule has 29 heavy (non-hydrogen) atoms. The lowest BCUT2D eigenvalue weighted by molar-refractivity contribution is -0.140. The first-order valence-corrected chi connectivity index (χ1v) is 11.6. The number of thioether (sulfide) groups is 1. The predicted molar refractivity (Wildman–Crippen MR) is 121 cm³/mol.